The van der Waals surface area contributed by atoms with E-state index in [1.165, 1.54) is 37.5 Å². The highest BCUT2D eigenvalue weighted by atomic mass is 32.2. The van der Waals surface area contributed by atoms with Gasteiger partial charge in [0.15, 0.2) is 17.7 Å². The molecular formula is C21H25N3O6S. The number of nitrogens with zero attached hydrogens (tertiary/aromatic N) is 2. The SMILES string of the molecule is CCOc1cc(C(CS(C)=O)N2C(=O)c3c(NC(C)=O)ccnc3C2O)ccc1OC. The first kappa shape index (κ1) is 22.7. The van der Waals surface area contributed by atoms with Gasteiger partial charge in [-0.15, -0.1) is 0 Å². The van der Waals surface area contributed by atoms with Crippen LogP contribution in [0.25, 0.3) is 0 Å². The van der Waals surface area contributed by atoms with E-state index < -0.39 is 29.0 Å². The Balaban J connectivity index is 2.08. The molecule has 2 amide bonds. The van der Waals surface area contributed by atoms with Crippen molar-refractivity contribution in [3.05, 3.63) is 47.3 Å². The van der Waals surface area contributed by atoms with Gasteiger partial charge in [0.1, 0.15) is 5.69 Å². The first-order valence-electron chi connectivity index (χ1n) is 9.66. The Labute approximate surface area is 182 Å². The molecule has 0 saturated carbocycles. The van der Waals surface area contributed by atoms with Crippen LogP contribution in [0.2, 0.25) is 0 Å². The molecule has 2 heterocycles. The highest BCUT2D eigenvalue weighted by Crippen LogP contribution is 2.42. The van der Waals surface area contributed by atoms with Crippen LogP contribution in [-0.2, 0) is 15.6 Å². The molecule has 0 aliphatic carbocycles. The number of hydrogen-bond acceptors (Lipinski definition) is 7. The van der Waals surface area contributed by atoms with Gasteiger partial charge in [0.05, 0.1) is 31.0 Å². The Morgan fingerprint density at radius 3 is 2.71 bits per heavy atom. The lowest BCUT2D eigenvalue weighted by molar-refractivity contribution is -0.114. The van der Waals surface area contributed by atoms with Crippen LogP contribution in [0.5, 0.6) is 11.5 Å². The van der Waals surface area contributed by atoms with Crippen molar-refractivity contribution in [1.29, 1.82) is 0 Å². The quantitative estimate of drug-likeness (QED) is 0.635. The largest absolute Gasteiger partial charge is 0.493 e. The number of pyridine rings is 1. The number of anilines is 1. The standard InChI is InChI=1S/C21H25N3O6S/c1-5-30-17-10-13(6-7-16(17)29-3)15(11-31(4)28)24-20(26)18-14(23-12(2)25)8-9-22-19(18)21(24)27/h6-10,15,21,27H,5,11H2,1-4H3,(H,22,23,25). The normalized spacial score (nSPS) is 17.1. The Hall–Kier alpha value is -2.98. The Morgan fingerprint density at radius 2 is 2.10 bits per heavy atom. The molecule has 31 heavy (non-hydrogen) atoms. The minimum Gasteiger partial charge on any atom is -0.493 e. The van der Waals surface area contributed by atoms with Gasteiger partial charge in [0.2, 0.25) is 5.91 Å². The smallest absolute Gasteiger partial charge is 0.260 e. The maximum absolute atomic E-state index is 13.4. The van der Waals surface area contributed by atoms with Crippen LogP contribution in [0.1, 0.15) is 47.7 Å². The zero-order valence-electron chi connectivity index (χ0n) is 17.7. The molecular weight excluding hydrogens is 422 g/mol. The van der Waals surface area contributed by atoms with E-state index >= 15 is 0 Å². The Morgan fingerprint density at radius 1 is 1.35 bits per heavy atom. The van der Waals surface area contributed by atoms with Crippen molar-refractivity contribution in [3.63, 3.8) is 0 Å². The summed E-state index contributed by atoms with van der Waals surface area (Å²) in [6.07, 6.45) is 1.58. The topological polar surface area (TPSA) is 118 Å². The zero-order valence-corrected chi connectivity index (χ0v) is 18.6. The molecule has 10 heteroatoms. The fraction of sp³-hybridized carbons (Fsp3) is 0.381. The maximum Gasteiger partial charge on any atom is 0.260 e. The van der Waals surface area contributed by atoms with Gasteiger partial charge in [0.25, 0.3) is 5.91 Å². The van der Waals surface area contributed by atoms with Crippen molar-refractivity contribution in [2.75, 3.05) is 31.0 Å². The number of methoxy groups -OCH3 is 1. The summed E-state index contributed by atoms with van der Waals surface area (Å²) >= 11 is 0. The number of benzene rings is 1. The van der Waals surface area contributed by atoms with Crippen LogP contribution in [-0.4, -0.2) is 56.7 Å². The monoisotopic (exact) mass is 447 g/mol. The van der Waals surface area contributed by atoms with Crippen LogP contribution < -0.4 is 14.8 Å². The average Bonchev–Trinajstić information content (AvgIpc) is 2.97. The second-order valence-electron chi connectivity index (χ2n) is 6.98. The number of hydrogen-bond donors (Lipinski definition) is 2. The Kier molecular flexibility index (Phi) is 6.91. The van der Waals surface area contributed by atoms with Gasteiger partial charge in [-0.1, -0.05) is 6.07 Å². The summed E-state index contributed by atoms with van der Waals surface area (Å²) in [7, 11) is 0.237. The molecule has 1 aliphatic heterocycles. The number of fused-ring (bicyclic) bond motifs is 1. The fourth-order valence-corrected chi connectivity index (χ4v) is 4.40. The summed E-state index contributed by atoms with van der Waals surface area (Å²) in [6, 6.07) is 5.93. The van der Waals surface area contributed by atoms with Gasteiger partial charge >= 0.3 is 0 Å². The van der Waals surface area contributed by atoms with Gasteiger partial charge in [-0.3, -0.25) is 23.7 Å². The summed E-state index contributed by atoms with van der Waals surface area (Å²) in [6.45, 7) is 3.57. The van der Waals surface area contributed by atoms with Crippen LogP contribution >= 0.6 is 0 Å². The van der Waals surface area contributed by atoms with E-state index in [1.807, 2.05) is 6.92 Å². The van der Waals surface area contributed by atoms with Crippen molar-refractivity contribution < 1.29 is 28.4 Å². The third kappa shape index (κ3) is 4.54. The third-order valence-electron chi connectivity index (χ3n) is 4.85. The molecule has 0 radical (unpaired) electrons. The molecule has 0 bridgehead atoms. The number of carbonyl (C=O) groups excluding carboxylic acids is 2. The zero-order chi connectivity index (χ0) is 22.7. The van der Waals surface area contributed by atoms with Gasteiger partial charge in [-0.25, -0.2) is 0 Å². The summed E-state index contributed by atoms with van der Waals surface area (Å²) < 4.78 is 23.1. The molecule has 0 fully saturated rings. The van der Waals surface area contributed by atoms with Crippen molar-refractivity contribution >= 4 is 28.3 Å². The molecule has 3 atom stereocenters. The number of aliphatic hydroxyl groups is 1. The molecule has 9 nitrogen and oxygen atoms in total. The second kappa shape index (κ2) is 9.44. The van der Waals surface area contributed by atoms with Gasteiger partial charge in [-0.2, -0.15) is 0 Å². The Bertz CT molecular complexity index is 1030. The second-order valence-corrected chi connectivity index (χ2v) is 8.46. The van der Waals surface area contributed by atoms with Crippen molar-refractivity contribution in [1.82, 2.24) is 9.88 Å². The molecule has 2 aromatic rings. The molecule has 166 valence electrons. The van der Waals surface area contributed by atoms with Crippen molar-refractivity contribution in [2.24, 2.45) is 0 Å². The average molecular weight is 448 g/mol. The predicted octanol–water partition coefficient (Wildman–Crippen LogP) is 2.01. The van der Waals surface area contributed by atoms with Crippen LogP contribution in [0.15, 0.2) is 30.5 Å². The molecule has 3 rings (SSSR count). The van der Waals surface area contributed by atoms with Crippen LogP contribution in [0.3, 0.4) is 0 Å². The number of aromatic nitrogens is 1. The predicted molar refractivity (Wildman–Crippen MR) is 116 cm³/mol. The molecule has 1 aromatic carbocycles. The van der Waals surface area contributed by atoms with Gasteiger partial charge in [0, 0.05) is 35.9 Å². The molecule has 3 unspecified atom stereocenters. The van der Waals surface area contributed by atoms with Crippen molar-refractivity contribution in [2.45, 2.75) is 26.1 Å². The minimum atomic E-state index is -1.36. The van der Waals surface area contributed by atoms with E-state index in [9.17, 15) is 18.9 Å². The number of nitrogens with one attached hydrogen (secondary N) is 1. The first-order valence-corrected chi connectivity index (χ1v) is 11.4. The lowest BCUT2D eigenvalue weighted by atomic mass is 10.1. The van der Waals surface area contributed by atoms with Gasteiger partial charge in [-0.05, 0) is 30.7 Å². The summed E-state index contributed by atoms with van der Waals surface area (Å²) in [5.74, 6) is 0.225. The van der Waals surface area contributed by atoms with E-state index in [-0.39, 0.29) is 28.6 Å². The van der Waals surface area contributed by atoms with E-state index in [0.717, 1.165) is 0 Å². The molecule has 0 spiro atoms. The summed E-state index contributed by atoms with van der Waals surface area (Å²) in [5.41, 5.74) is 1.16. The number of aliphatic hydroxyl groups excluding tert-OH is 1. The molecule has 1 aromatic heterocycles. The lowest BCUT2D eigenvalue weighted by Gasteiger charge is -2.31. The van der Waals surface area contributed by atoms with E-state index in [1.54, 1.807) is 18.2 Å². The molecule has 2 N–H and O–H groups in total. The summed E-state index contributed by atoms with van der Waals surface area (Å²) in [5, 5.41) is 13.6. The number of amides is 2. The van der Waals surface area contributed by atoms with Gasteiger partial charge < -0.3 is 19.9 Å². The molecule has 1 aliphatic rings. The number of carbonyl (C=O) groups is 2. The summed E-state index contributed by atoms with van der Waals surface area (Å²) in [4.78, 5) is 30.3. The van der Waals surface area contributed by atoms with Crippen LogP contribution in [0.4, 0.5) is 5.69 Å². The maximum atomic E-state index is 13.4. The highest BCUT2D eigenvalue weighted by Gasteiger charge is 2.43. The van der Waals surface area contributed by atoms with E-state index in [2.05, 4.69) is 10.3 Å². The van der Waals surface area contributed by atoms with E-state index in [4.69, 9.17) is 9.47 Å². The number of rotatable bonds is 8. The first-order chi connectivity index (χ1) is 14.8. The van der Waals surface area contributed by atoms with E-state index in [0.29, 0.717) is 23.7 Å². The molecule has 0 saturated heterocycles. The lowest BCUT2D eigenvalue weighted by Crippen LogP contribution is -2.35. The number of ether oxygens (including phenoxy) is 2. The van der Waals surface area contributed by atoms with Crippen molar-refractivity contribution in [3.8, 4) is 11.5 Å². The minimum absolute atomic E-state index is 0.0875. The fourth-order valence-electron chi connectivity index (χ4n) is 3.60. The highest BCUT2D eigenvalue weighted by molar-refractivity contribution is 7.84. The third-order valence-corrected chi connectivity index (χ3v) is 5.63. The van der Waals surface area contributed by atoms with Crippen LogP contribution in [0, 0.1) is 0 Å².